The molecule has 0 heterocycles. The third-order valence-corrected chi connectivity index (χ3v) is 2.22. The number of hydrogen-bond donors (Lipinski definition) is 2. The Morgan fingerprint density at radius 2 is 1.88 bits per heavy atom. The van der Waals surface area contributed by atoms with Crippen LogP contribution in [0, 0.1) is 0 Å². The Labute approximate surface area is 95.5 Å². The van der Waals surface area contributed by atoms with Gasteiger partial charge < -0.3 is 10.2 Å². The van der Waals surface area contributed by atoms with Gasteiger partial charge in [-0.3, -0.25) is 4.79 Å². The number of hydrogen-bond acceptors (Lipinski definition) is 3. The molecule has 0 fully saturated rings. The SMILES string of the molecule is CCCC(=O)c1ccc(O)c(C(F)(F)F)c1O. The van der Waals surface area contributed by atoms with Crippen molar-refractivity contribution in [2.45, 2.75) is 25.9 Å². The highest BCUT2D eigenvalue weighted by Gasteiger charge is 2.38. The molecule has 0 aliphatic heterocycles. The fourth-order valence-corrected chi connectivity index (χ4v) is 1.45. The molecule has 0 spiro atoms. The van der Waals surface area contributed by atoms with E-state index < -0.39 is 34.6 Å². The van der Waals surface area contributed by atoms with Gasteiger partial charge in [0.15, 0.2) is 5.78 Å². The van der Waals surface area contributed by atoms with E-state index in [-0.39, 0.29) is 6.42 Å². The Bertz CT molecular complexity index is 438. The Kier molecular flexibility index (Phi) is 3.65. The number of phenolic OH excluding ortho intramolecular Hbond substituents is 2. The normalized spacial score (nSPS) is 11.5. The highest BCUT2D eigenvalue weighted by atomic mass is 19.4. The van der Waals surface area contributed by atoms with Gasteiger partial charge in [-0.2, -0.15) is 13.2 Å². The molecule has 0 aliphatic carbocycles. The second kappa shape index (κ2) is 4.65. The van der Waals surface area contributed by atoms with Crippen molar-refractivity contribution in [1.29, 1.82) is 0 Å². The van der Waals surface area contributed by atoms with Gasteiger partial charge in [0, 0.05) is 6.42 Å². The van der Waals surface area contributed by atoms with Crippen LogP contribution in [0.3, 0.4) is 0 Å². The average molecular weight is 248 g/mol. The van der Waals surface area contributed by atoms with Gasteiger partial charge in [0.2, 0.25) is 0 Å². The van der Waals surface area contributed by atoms with Crippen molar-refractivity contribution < 1.29 is 28.2 Å². The van der Waals surface area contributed by atoms with Gasteiger partial charge >= 0.3 is 6.18 Å². The molecular formula is C11H11F3O3. The lowest BCUT2D eigenvalue weighted by Gasteiger charge is -2.13. The van der Waals surface area contributed by atoms with E-state index in [2.05, 4.69) is 0 Å². The van der Waals surface area contributed by atoms with Gasteiger partial charge in [0.25, 0.3) is 0 Å². The van der Waals surface area contributed by atoms with Gasteiger partial charge in [-0.25, -0.2) is 0 Å². The van der Waals surface area contributed by atoms with Crippen molar-refractivity contribution >= 4 is 5.78 Å². The summed E-state index contributed by atoms with van der Waals surface area (Å²) >= 11 is 0. The molecule has 0 amide bonds. The number of rotatable bonds is 3. The van der Waals surface area contributed by atoms with E-state index in [9.17, 15) is 23.1 Å². The van der Waals surface area contributed by atoms with Gasteiger partial charge in [-0.1, -0.05) is 6.92 Å². The molecule has 0 unspecified atom stereocenters. The molecule has 0 bridgehead atoms. The highest BCUT2D eigenvalue weighted by molar-refractivity contribution is 5.99. The molecule has 17 heavy (non-hydrogen) atoms. The first-order chi connectivity index (χ1) is 7.79. The molecule has 0 saturated carbocycles. The van der Waals surface area contributed by atoms with Crippen LogP contribution >= 0.6 is 0 Å². The van der Waals surface area contributed by atoms with Gasteiger partial charge in [-0.05, 0) is 18.6 Å². The molecule has 2 N–H and O–H groups in total. The summed E-state index contributed by atoms with van der Waals surface area (Å²) in [7, 11) is 0. The maximum Gasteiger partial charge on any atom is 0.423 e. The number of carbonyl (C=O) groups is 1. The van der Waals surface area contributed by atoms with Crippen LogP contribution in [0.2, 0.25) is 0 Å². The lowest BCUT2D eigenvalue weighted by atomic mass is 10.0. The molecule has 1 aromatic carbocycles. The van der Waals surface area contributed by atoms with Crippen LogP contribution in [0.25, 0.3) is 0 Å². The van der Waals surface area contributed by atoms with E-state index in [1.807, 2.05) is 0 Å². The van der Waals surface area contributed by atoms with E-state index in [1.54, 1.807) is 6.92 Å². The molecule has 0 aliphatic rings. The monoisotopic (exact) mass is 248 g/mol. The quantitative estimate of drug-likeness (QED) is 0.808. The first-order valence-electron chi connectivity index (χ1n) is 4.94. The molecular weight excluding hydrogens is 237 g/mol. The molecule has 0 atom stereocenters. The Morgan fingerprint density at radius 3 is 2.35 bits per heavy atom. The minimum atomic E-state index is -4.91. The Morgan fingerprint density at radius 1 is 1.29 bits per heavy atom. The number of benzene rings is 1. The molecule has 3 nitrogen and oxygen atoms in total. The Balaban J connectivity index is 3.34. The maximum absolute atomic E-state index is 12.5. The number of aromatic hydroxyl groups is 2. The van der Waals surface area contributed by atoms with Crippen LogP contribution in [0.4, 0.5) is 13.2 Å². The summed E-state index contributed by atoms with van der Waals surface area (Å²) < 4.78 is 37.5. The second-order valence-electron chi connectivity index (χ2n) is 3.53. The van der Waals surface area contributed by atoms with E-state index in [0.29, 0.717) is 6.42 Å². The lowest BCUT2D eigenvalue weighted by molar-refractivity contribution is -0.140. The third kappa shape index (κ3) is 2.69. The zero-order valence-electron chi connectivity index (χ0n) is 9.01. The third-order valence-electron chi connectivity index (χ3n) is 2.22. The fraction of sp³-hybridized carbons (Fsp3) is 0.364. The van der Waals surface area contributed by atoms with Gasteiger partial charge in [-0.15, -0.1) is 0 Å². The van der Waals surface area contributed by atoms with E-state index in [0.717, 1.165) is 12.1 Å². The molecule has 0 aromatic heterocycles. The minimum Gasteiger partial charge on any atom is -0.507 e. The van der Waals surface area contributed by atoms with Crippen molar-refractivity contribution in [3.05, 3.63) is 23.3 Å². The van der Waals surface area contributed by atoms with Crippen LogP contribution < -0.4 is 0 Å². The predicted octanol–water partition coefficient (Wildman–Crippen LogP) is 3.10. The van der Waals surface area contributed by atoms with Crippen molar-refractivity contribution in [1.82, 2.24) is 0 Å². The number of carbonyl (C=O) groups excluding carboxylic acids is 1. The minimum absolute atomic E-state index is 0.0373. The fourth-order valence-electron chi connectivity index (χ4n) is 1.45. The summed E-state index contributed by atoms with van der Waals surface area (Å²) in [4.78, 5) is 11.4. The van der Waals surface area contributed by atoms with Gasteiger partial charge in [0.05, 0.1) is 5.56 Å². The summed E-state index contributed by atoms with van der Waals surface area (Å²) in [6.45, 7) is 1.69. The van der Waals surface area contributed by atoms with Crippen molar-refractivity contribution in [2.24, 2.45) is 0 Å². The molecule has 1 aromatic rings. The first-order valence-corrected chi connectivity index (χ1v) is 4.94. The summed E-state index contributed by atoms with van der Waals surface area (Å²) in [5, 5.41) is 18.5. The van der Waals surface area contributed by atoms with Crippen LogP contribution in [0.1, 0.15) is 35.7 Å². The summed E-state index contributed by atoms with van der Waals surface area (Å²) in [5.74, 6) is -2.89. The van der Waals surface area contributed by atoms with Crippen LogP contribution in [-0.4, -0.2) is 16.0 Å². The van der Waals surface area contributed by atoms with Crippen molar-refractivity contribution in [3.8, 4) is 11.5 Å². The lowest BCUT2D eigenvalue weighted by Crippen LogP contribution is -2.09. The molecule has 94 valence electrons. The molecule has 0 radical (unpaired) electrons. The van der Waals surface area contributed by atoms with Crippen LogP contribution in [0.15, 0.2) is 12.1 Å². The summed E-state index contributed by atoms with van der Waals surface area (Å²) in [6.07, 6.45) is -4.41. The molecule has 1 rings (SSSR count). The molecule has 0 saturated heterocycles. The highest BCUT2D eigenvalue weighted by Crippen LogP contribution is 2.43. The van der Waals surface area contributed by atoms with E-state index >= 15 is 0 Å². The van der Waals surface area contributed by atoms with E-state index in [1.165, 1.54) is 0 Å². The maximum atomic E-state index is 12.5. The van der Waals surface area contributed by atoms with Crippen LogP contribution in [0.5, 0.6) is 11.5 Å². The average Bonchev–Trinajstić information content (AvgIpc) is 2.15. The second-order valence-corrected chi connectivity index (χ2v) is 3.53. The topological polar surface area (TPSA) is 57.5 Å². The predicted molar refractivity (Wildman–Crippen MR) is 54.0 cm³/mol. The zero-order valence-corrected chi connectivity index (χ0v) is 9.01. The van der Waals surface area contributed by atoms with E-state index in [4.69, 9.17) is 5.11 Å². The largest absolute Gasteiger partial charge is 0.507 e. The number of halogens is 3. The molecule has 6 heteroatoms. The van der Waals surface area contributed by atoms with Gasteiger partial charge in [0.1, 0.15) is 17.1 Å². The zero-order chi connectivity index (χ0) is 13.2. The van der Waals surface area contributed by atoms with Crippen molar-refractivity contribution in [3.63, 3.8) is 0 Å². The number of ketones is 1. The standard InChI is InChI=1S/C11H11F3O3/c1-2-3-7(15)6-4-5-8(16)9(10(6)17)11(12,13)14/h4-5,16-17H,2-3H2,1H3. The number of alkyl halides is 3. The first kappa shape index (κ1) is 13.3. The Hall–Kier alpha value is -1.72. The summed E-state index contributed by atoms with van der Waals surface area (Å²) in [5.41, 5.74) is -1.99. The smallest absolute Gasteiger partial charge is 0.423 e. The number of Topliss-reactive ketones (excluding diaryl/α,β-unsaturated/α-hetero) is 1. The summed E-state index contributed by atoms with van der Waals surface area (Å²) in [6, 6.07) is 1.74. The van der Waals surface area contributed by atoms with Crippen molar-refractivity contribution in [2.75, 3.05) is 0 Å². The number of phenols is 2. The van der Waals surface area contributed by atoms with Crippen LogP contribution in [-0.2, 0) is 6.18 Å².